The molecule has 0 unspecified atom stereocenters. The van der Waals surface area contributed by atoms with Crippen LogP contribution in [0, 0.1) is 0 Å². The number of benzene rings is 1. The van der Waals surface area contributed by atoms with Crippen molar-refractivity contribution < 1.29 is 9.63 Å². The van der Waals surface area contributed by atoms with Crippen LogP contribution in [0.4, 0.5) is 16.8 Å². The van der Waals surface area contributed by atoms with E-state index in [1.807, 2.05) is 30.3 Å². The number of hydrogen-bond donors (Lipinski definition) is 3. The smallest absolute Gasteiger partial charge is 0.189 e. The van der Waals surface area contributed by atoms with Gasteiger partial charge >= 0.3 is 0 Å². The maximum Gasteiger partial charge on any atom is 0.189 e. The zero-order valence-corrected chi connectivity index (χ0v) is 16.5. The molecule has 29 heavy (non-hydrogen) atoms. The largest absolute Gasteiger partial charge is 0.393 e. The fourth-order valence-corrected chi connectivity index (χ4v) is 4.54. The van der Waals surface area contributed by atoms with E-state index >= 15 is 0 Å². The van der Waals surface area contributed by atoms with Gasteiger partial charge in [-0.1, -0.05) is 28.6 Å². The zero-order chi connectivity index (χ0) is 19.6. The van der Waals surface area contributed by atoms with E-state index in [1.165, 1.54) is 0 Å². The Hall–Kier alpha value is -2.97. The van der Waals surface area contributed by atoms with Gasteiger partial charge in [0.1, 0.15) is 17.9 Å². The molecule has 3 N–H and O–H groups in total. The Morgan fingerprint density at radius 3 is 2.69 bits per heavy atom. The van der Waals surface area contributed by atoms with Gasteiger partial charge in [0.25, 0.3) is 0 Å². The second kappa shape index (κ2) is 7.81. The minimum absolute atomic E-state index is 0.154. The SMILES string of the molecule is OC1CCC(Nc2cccc(Nc3nc4ccc(-c5cnoc5)cc4s3)n2)CC1. The van der Waals surface area contributed by atoms with E-state index < -0.39 is 0 Å². The van der Waals surface area contributed by atoms with Gasteiger partial charge in [-0.3, -0.25) is 0 Å². The van der Waals surface area contributed by atoms with Gasteiger partial charge in [0.15, 0.2) is 5.13 Å². The predicted molar refractivity (Wildman–Crippen MR) is 115 cm³/mol. The predicted octanol–water partition coefficient (Wildman–Crippen LogP) is 4.81. The standard InChI is InChI=1S/C21H21N5O2S/c27-16-7-5-15(6-8-16)23-19-2-1-3-20(25-19)26-21-24-17-9-4-13(10-18(17)29-21)14-11-22-28-12-14/h1-4,9-12,15-16,27H,5-8H2,(H2,23,24,25,26). The molecule has 1 aromatic carbocycles. The van der Waals surface area contributed by atoms with Gasteiger partial charge in [-0.2, -0.15) is 0 Å². The average Bonchev–Trinajstić information content (AvgIpc) is 3.39. The summed E-state index contributed by atoms with van der Waals surface area (Å²) in [6.45, 7) is 0. The lowest BCUT2D eigenvalue weighted by atomic mass is 9.93. The van der Waals surface area contributed by atoms with Crippen molar-refractivity contribution in [2.45, 2.75) is 37.8 Å². The van der Waals surface area contributed by atoms with Crippen LogP contribution in [0.2, 0.25) is 0 Å². The van der Waals surface area contributed by atoms with Crippen LogP contribution in [0.3, 0.4) is 0 Å². The van der Waals surface area contributed by atoms with E-state index in [1.54, 1.807) is 23.8 Å². The minimum atomic E-state index is -0.154. The van der Waals surface area contributed by atoms with Crippen LogP contribution in [0.1, 0.15) is 25.7 Å². The Morgan fingerprint density at radius 2 is 1.86 bits per heavy atom. The van der Waals surface area contributed by atoms with Crippen molar-refractivity contribution in [3.05, 3.63) is 48.9 Å². The summed E-state index contributed by atoms with van der Waals surface area (Å²) in [5, 5.41) is 21.0. The van der Waals surface area contributed by atoms with E-state index in [0.717, 1.165) is 63.8 Å². The number of anilines is 3. The quantitative estimate of drug-likeness (QED) is 0.437. The number of aliphatic hydroxyl groups excluding tert-OH is 1. The number of nitrogens with zero attached hydrogens (tertiary/aromatic N) is 3. The second-order valence-electron chi connectivity index (χ2n) is 7.30. The molecule has 148 valence electrons. The van der Waals surface area contributed by atoms with Crippen LogP contribution in [0.25, 0.3) is 21.3 Å². The lowest BCUT2D eigenvalue weighted by Crippen LogP contribution is -2.28. The highest BCUT2D eigenvalue weighted by Crippen LogP contribution is 2.32. The summed E-state index contributed by atoms with van der Waals surface area (Å²) >= 11 is 1.58. The highest BCUT2D eigenvalue weighted by molar-refractivity contribution is 7.22. The van der Waals surface area contributed by atoms with Gasteiger partial charge < -0.3 is 20.3 Å². The van der Waals surface area contributed by atoms with Gasteiger partial charge in [-0.25, -0.2) is 9.97 Å². The Morgan fingerprint density at radius 1 is 1.00 bits per heavy atom. The average molecular weight is 407 g/mol. The van der Waals surface area contributed by atoms with E-state index in [2.05, 4.69) is 31.8 Å². The molecule has 0 atom stereocenters. The number of fused-ring (bicyclic) bond motifs is 1. The van der Waals surface area contributed by atoms with Crippen LogP contribution in [-0.2, 0) is 0 Å². The third kappa shape index (κ3) is 4.08. The van der Waals surface area contributed by atoms with Gasteiger partial charge in [0.2, 0.25) is 0 Å². The lowest BCUT2D eigenvalue weighted by molar-refractivity contribution is 0.126. The van der Waals surface area contributed by atoms with Gasteiger partial charge in [0, 0.05) is 11.6 Å². The molecule has 0 amide bonds. The summed E-state index contributed by atoms with van der Waals surface area (Å²) in [7, 11) is 0. The van der Waals surface area contributed by atoms with Crippen molar-refractivity contribution in [1.29, 1.82) is 0 Å². The normalized spacial score (nSPS) is 19.3. The molecule has 1 aliphatic carbocycles. The highest BCUT2D eigenvalue weighted by Gasteiger charge is 2.19. The van der Waals surface area contributed by atoms with Crippen molar-refractivity contribution in [1.82, 2.24) is 15.1 Å². The number of hydrogen-bond acceptors (Lipinski definition) is 8. The monoisotopic (exact) mass is 407 g/mol. The molecule has 0 saturated heterocycles. The molecule has 3 aromatic heterocycles. The van der Waals surface area contributed by atoms with Crippen LogP contribution >= 0.6 is 11.3 Å². The molecular formula is C21H21N5O2S. The summed E-state index contributed by atoms with van der Waals surface area (Å²) in [6, 6.07) is 12.4. The molecule has 1 saturated carbocycles. The van der Waals surface area contributed by atoms with E-state index in [-0.39, 0.29) is 6.10 Å². The molecule has 3 heterocycles. The number of pyridine rings is 1. The first-order valence-electron chi connectivity index (χ1n) is 9.72. The summed E-state index contributed by atoms with van der Waals surface area (Å²) in [4.78, 5) is 9.34. The molecule has 0 radical (unpaired) electrons. The van der Waals surface area contributed by atoms with Crippen LogP contribution in [0.5, 0.6) is 0 Å². The maximum absolute atomic E-state index is 9.67. The van der Waals surface area contributed by atoms with Crippen molar-refractivity contribution in [2.75, 3.05) is 10.6 Å². The third-order valence-electron chi connectivity index (χ3n) is 5.19. The Bertz CT molecular complexity index is 1100. The first kappa shape index (κ1) is 18.1. The highest BCUT2D eigenvalue weighted by atomic mass is 32.1. The number of aromatic nitrogens is 3. The summed E-state index contributed by atoms with van der Waals surface area (Å²) in [5.74, 6) is 1.59. The maximum atomic E-state index is 9.67. The molecule has 1 aliphatic rings. The molecule has 8 heteroatoms. The second-order valence-corrected chi connectivity index (χ2v) is 8.33. The number of aliphatic hydroxyl groups is 1. The molecule has 0 aliphatic heterocycles. The summed E-state index contributed by atoms with van der Waals surface area (Å²) in [5.41, 5.74) is 2.94. The van der Waals surface area contributed by atoms with Gasteiger partial charge in [-0.05, 0) is 55.5 Å². The van der Waals surface area contributed by atoms with Crippen LogP contribution in [-0.4, -0.2) is 32.4 Å². The molecule has 0 bridgehead atoms. The zero-order valence-electron chi connectivity index (χ0n) is 15.7. The third-order valence-corrected chi connectivity index (χ3v) is 6.12. The van der Waals surface area contributed by atoms with Gasteiger partial charge in [-0.15, -0.1) is 0 Å². The lowest BCUT2D eigenvalue weighted by Gasteiger charge is -2.26. The first-order chi connectivity index (χ1) is 14.2. The van der Waals surface area contributed by atoms with Crippen molar-refractivity contribution >= 4 is 38.3 Å². The Kier molecular flexibility index (Phi) is 4.87. The van der Waals surface area contributed by atoms with E-state index in [9.17, 15) is 5.11 Å². The molecule has 0 spiro atoms. The number of rotatable bonds is 5. The topological polar surface area (TPSA) is 96.1 Å². The molecular weight excluding hydrogens is 386 g/mol. The van der Waals surface area contributed by atoms with E-state index in [0.29, 0.717) is 6.04 Å². The van der Waals surface area contributed by atoms with Crippen molar-refractivity contribution in [2.24, 2.45) is 0 Å². The summed E-state index contributed by atoms with van der Waals surface area (Å²) in [6.07, 6.45) is 6.81. The molecule has 7 nitrogen and oxygen atoms in total. The summed E-state index contributed by atoms with van der Waals surface area (Å²) < 4.78 is 6.02. The Labute approximate surface area is 171 Å². The first-order valence-corrected chi connectivity index (χ1v) is 10.5. The fourth-order valence-electron chi connectivity index (χ4n) is 3.63. The van der Waals surface area contributed by atoms with Crippen LogP contribution in [0.15, 0.2) is 53.4 Å². The molecule has 4 aromatic rings. The van der Waals surface area contributed by atoms with Crippen LogP contribution < -0.4 is 10.6 Å². The fraction of sp³-hybridized carbons (Fsp3) is 0.286. The van der Waals surface area contributed by atoms with Gasteiger partial charge in [0.05, 0.1) is 22.5 Å². The minimum Gasteiger partial charge on any atom is -0.393 e. The molecule has 1 fully saturated rings. The van der Waals surface area contributed by atoms with Crippen molar-refractivity contribution in [3.63, 3.8) is 0 Å². The molecule has 5 rings (SSSR count). The Balaban J connectivity index is 1.31. The van der Waals surface area contributed by atoms with Crippen molar-refractivity contribution in [3.8, 4) is 11.1 Å². The van der Waals surface area contributed by atoms with E-state index in [4.69, 9.17) is 4.52 Å². The number of nitrogens with one attached hydrogen (secondary N) is 2. The number of thiazole rings is 1.